The molecule has 88 valence electrons. The fraction of sp³-hybridized carbons (Fsp3) is 0.455. The lowest BCUT2D eigenvalue weighted by molar-refractivity contribution is 0.0904. The van der Waals surface area contributed by atoms with Crippen LogP contribution in [0.3, 0.4) is 0 Å². The molecular weight excluding hydrogens is 246 g/mol. The van der Waals surface area contributed by atoms with E-state index in [0.29, 0.717) is 18.2 Å². The molecule has 1 saturated heterocycles. The molecule has 0 spiro atoms. The fourth-order valence-electron chi connectivity index (χ4n) is 1.69. The van der Waals surface area contributed by atoms with Gasteiger partial charge in [0.15, 0.2) is 0 Å². The Morgan fingerprint density at radius 1 is 1.38 bits per heavy atom. The van der Waals surface area contributed by atoms with Crippen molar-refractivity contribution in [3.63, 3.8) is 0 Å². The first kappa shape index (κ1) is 12.0. The van der Waals surface area contributed by atoms with Gasteiger partial charge in [-0.25, -0.2) is 0 Å². The van der Waals surface area contributed by atoms with E-state index in [1.807, 2.05) is 0 Å². The Kier molecular flexibility index (Phi) is 3.97. The van der Waals surface area contributed by atoms with E-state index >= 15 is 0 Å². The molecule has 1 aromatic carbocycles. The van der Waals surface area contributed by atoms with Gasteiger partial charge in [-0.05, 0) is 30.7 Å². The summed E-state index contributed by atoms with van der Waals surface area (Å²) in [5.41, 5.74) is 5.95. The molecule has 0 amide bonds. The molecule has 5 heteroatoms. The van der Waals surface area contributed by atoms with Gasteiger partial charge >= 0.3 is 0 Å². The number of hydrogen-bond donors (Lipinski definition) is 1. The zero-order valence-electron chi connectivity index (χ0n) is 8.77. The lowest BCUT2D eigenvalue weighted by Crippen LogP contribution is -2.45. The average molecular weight is 260 g/mol. The standard InChI is InChI=1S/C11H14ClNO2S/c12-8-1-3-9(4-2-8)16(14)11-7-15-6-5-10(11)13/h1-4,10-11H,5-7,13H2. The first-order valence-corrected chi connectivity index (χ1v) is 6.77. The van der Waals surface area contributed by atoms with Crippen LogP contribution in [0.15, 0.2) is 29.2 Å². The van der Waals surface area contributed by atoms with Crippen LogP contribution in [0.4, 0.5) is 0 Å². The zero-order valence-corrected chi connectivity index (χ0v) is 10.3. The molecule has 0 aromatic heterocycles. The quantitative estimate of drug-likeness (QED) is 0.877. The van der Waals surface area contributed by atoms with Crippen molar-refractivity contribution in [2.75, 3.05) is 13.2 Å². The van der Waals surface area contributed by atoms with Gasteiger partial charge in [-0.2, -0.15) is 0 Å². The SMILES string of the molecule is NC1CCOCC1S(=O)c1ccc(Cl)cc1. The number of rotatable bonds is 2. The van der Waals surface area contributed by atoms with Gasteiger partial charge in [0.2, 0.25) is 0 Å². The third-order valence-electron chi connectivity index (χ3n) is 2.68. The Morgan fingerprint density at radius 3 is 2.69 bits per heavy atom. The second-order valence-electron chi connectivity index (χ2n) is 3.82. The van der Waals surface area contributed by atoms with E-state index in [-0.39, 0.29) is 11.3 Å². The number of ether oxygens (including phenoxy) is 1. The van der Waals surface area contributed by atoms with Gasteiger partial charge in [-0.15, -0.1) is 0 Å². The molecule has 3 unspecified atom stereocenters. The highest BCUT2D eigenvalue weighted by atomic mass is 35.5. The predicted molar refractivity (Wildman–Crippen MR) is 65.1 cm³/mol. The monoisotopic (exact) mass is 259 g/mol. The minimum atomic E-state index is -1.12. The van der Waals surface area contributed by atoms with Crippen LogP contribution in [0.1, 0.15) is 6.42 Å². The van der Waals surface area contributed by atoms with Gasteiger partial charge in [-0.1, -0.05) is 11.6 Å². The van der Waals surface area contributed by atoms with Gasteiger partial charge in [0.25, 0.3) is 0 Å². The number of hydrogen-bond acceptors (Lipinski definition) is 3. The minimum absolute atomic E-state index is 0.0507. The summed E-state index contributed by atoms with van der Waals surface area (Å²) in [6.07, 6.45) is 0.768. The second-order valence-corrected chi connectivity index (χ2v) is 5.93. The maximum Gasteiger partial charge on any atom is 0.0779 e. The van der Waals surface area contributed by atoms with Crippen molar-refractivity contribution in [1.82, 2.24) is 0 Å². The molecule has 2 N–H and O–H groups in total. The van der Waals surface area contributed by atoms with Crippen molar-refractivity contribution in [1.29, 1.82) is 0 Å². The van der Waals surface area contributed by atoms with Gasteiger partial charge in [0, 0.05) is 22.6 Å². The molecular formula is C11H14ClNO2S. The Balaban J connectivity index is 2.14. The van der Waals surface area contributed by atoms with Crippen LogP contribution < -0.4 is 5.73 Å². The fourth-order valence-corrected chi connectivity index (χ4v) is 3.25. The Labute approximate surface area is 102 Å². The molecule has 16 heavy (non-hydrogen) atoms. The molecule has 2 rings (SSSR count). The van der Waals surface area contributed by atoms with Crippen LogP contribution in [-0.4, -0.2) is 28.7 Å². The van der Waals surface area contributed by atoms with E-state index in [9.17, 15) is 4.21 Å². The summed E-state index contributed by atoms with van der Waals surface area (Å²) in [7, 11) is -1.12. The Morgan fingerprint density at radius 2 is 2.06 bits per heavy atom. The van der Waals surface area contributed by atoms with Crippen molar-refractivity contribution in [2.24, 2.45) is 5.73 Å². The van der Waals surface area contributed by atoms with E-state index in [1.54, 1.807) is 24.3 Å². The van der Waals surface area contributed by atoms with Gasteiger partial charge in [0.1, 0.15) is 0 Å². The number of nitrogens with two attached hydrogens (primary N) is 1. The minimum Gasteiger partial charge on any atom is -0.380 e. The number of benzene rings is 1. The smallest absolute Gasteiger partial charge is 0.0779 e. The van der Waals surface area contributed by atoms with Crippen LogP contribution >= 0.6 is 11.6 Å². The van der Waals surface area contributed by atoms with Crippen LogP contribution in [-0.2, 0) is 15.5 Å². The third-order valence-corrected chi connectivity index (χ3v) is 4.70. The first-order chi connectivity index (χ1) is 7.68. The molecule has 1 aliphatic rings. The van der Waals surface area contributed by atoms with Crippen LogP contribution in [0.25, 0.3) is 0 Å². The summed E-state index contributed by atoms with van der Waals surface area (Å²) in [4.78, 5) is 0.760. The van der Waals surface area contributed by atoms with E-state index in [2.05, 4.69) is 0 Å². The van der Waals surface area contributed by atoms with E-state index in [1.165, 1.54) is 0 Å². The first-order valence-electron chi connectivity index (χ1n) is 5.18. The van der Waals surface area contributed by atoms with Crippen LogP contribution in [0, 0.1) is 0 Å². The molecule has 0 saturated carbocycles. The zero-order chi connectivity index (χ0) is 11.5. The summed E-state index contributed by atoms with van der Waals surface area (Å²) in [5, 5.41) is 0.528. The number of halogens is 1. The molecule has 0 radical (unpaired) electrons. The summed E-state index contributed by atoms with van der Waals surface area (Å²) in [6, 6.07) is 6.98. The Bertz CT molecular complexity index is 382. The maximum atomic E-state index is 12.2. The molecule has 0 bridgehead atoms. The van der Waals surface area contributed by atoms with Crippen molar-refractivity contribution >= 4 is 22.4 Å². The van der Waals surface area contributed by atoms with Gasteiger partial charge in [-0.3, -0.25) is 4.21 Å². The Hall–Kier alpha value is -0.420. The van der Waals surface area contributed by atoms with E-state index in [0.717, 1.165) is 11.3 Å². The maximum absolute atomic E-state index is 12.2. The highest BCUT2D eigenvalue weighted by Crippen LogP contribution is 2.20. The molecule has 0 aliphatic carbocycles. The van der Waals surface area contributed by atoms with Crippen molar-refractivity contribution in [2.45, 2.75) is 22.6 Å². The summed E-state index contributed by atoms with van der Waals surface area (Å²) >= 11 is 5.78. The molecule has 3 nitrogen and oxygen atoms in total. The van der Waals surface area contributed by atoms with Crippen LogP contribution in [0.2, 0.25) is 5.02 Å². The largest absolute Gasteiger partial charge is 0.380 e. The average Bonchev–Trinajstić information content (AvgIpc) is 2.30. The van der Waals surface area contributed by atoms with E-state index < -0.39 is 10.8 Å². The lowest BCUT2D eigenvalue weighted by Gasteiger charge is -2.27. The lowest BCUT2D eigenvalue weighted by atomic mass is 10.1. The molecule has 3 atom stereocenters. The van der Waals surface area contributed by atoms with Gasteiger partial charge in [0.05, 0.1) is 22.7 Å². The van der Waals surface area contributed by atoms with Crippen molar-refractivity contribution in [3.05, 3.63) is 29.3 Å². The summed E-state index contributed by atoms with van der Waals surface area (Å²) < 4.78 is 17.5. The topological polar surface area (TPSA) is 52.3 Å². The van der Waals surface area contributed by atoms with Crippen LogP contribution in [0.5, 0.6) is 0 Å². The molecule has 1 heterocycles. The molecule has 1 fully saturated rings. The van der Waals surface area contributed by atoms with E-state index in [4.69, 9.17) is 22.1 Å². The highest BCUT2D eigenvalue weighted by molar-refractivity contribution is 7.85. The molecule has 1 aliphatic heterocycles. The predicted octanol–water partition coefficient (Wildman–Crippen LogP) is 1.56. The highest BCUT2D eigenvalue weighted by Gasteiger charge is 2.28. The van der Waals surface area contributed by atoms with Crippen molar-refractivity contribution in [3.8, 4) is 0 Å². The summed E-state index contributed by atoms with van der Waals surface area (Å²) in [6.45, 7) is 1.13. The summed E-state index contributed by atoms with van der Waals surface area (Å²) in [5.74, 6) is 0. The molecule has 1 aromatic rings. The normalized spacial score (nSPS) is 27.6. The van der Waals surface area contributed by atoms with Crippen molar-refractivity contribution < 1.29 is 8.95 Å². The third kappa shape index (κ3) is 2.63. The second kappa shape index (κ2) is 5.27. The van der Waals surface area contributed by atoms with Gasteiger partial charge < -0.3 is 10.5 Å².